The number of fused-ring (bicyclic) bond motifs is 2. The first-order chi connectivity index (χ1) is 12.3. The summed E-state index contributed by atoms with van der Waals surface area (Å²) in [6, 6.07) is 16.5. The Balaban J connectivity index is 1.84. The highest BCUT2D eigenvalue weighted by atomic mass is 32.2. The Morgan fingerprint density at radius 1 is 1.00 bits per heavy atom. The zero-order chi connectivity index (χ0) is 17.2. The SMILES string of the molecule is CCSc1c(Sc2c[nH]c3ccccc3c2=S)cnc2ccccc12. The van der Waals surface area contributed by atoms with Gasteiger partial charge < -0.3 is 4.98 Å². The Kier molecular flexibility index (Phi) is 4.79. The van der Waals surface area contributed by atoms with E-state index in [0.717, 1.165) is 36.5 Å². The summed E-state index contributed by atoms with van der Waals surface area (Å²) in [5.74, 6) is 1.02. The van der Waals surface area contributed by atoms with Gasteiger partial charge in [-0.15, -0.1) is 11.8 Å². The van der Waals surface area contributed by atoms with E-state index in [1.165, 1.54) is 10.3 Å². The molecule has 25 heavy (non-hydrogen) atoms. The Morgan fingerprint density at radius 3 is 2.60 bits per heavy atom. The van der Waals surface area contributed by atoms with Crippen LogP contribution in [0.3, 0.4) is 0 Å². The van der Waals surface area contributed by atoms with Crippen LogP contribution in [-0.4, -0.2) is 15.7 Å². The van der Waals surface area contributed by atoms with Gasteiger partial charge in [0.1, 0.15) is 0 Å². The van der Waals surface area contributed by atoms with Crippen molar-refractivity contribution in [3.8, 4) is 0 Å². The molecule has 4 aromatic rings. The summed E-state index contributed by atoms with van der Waals surface area (Å²) in [6.07, 6.45) is 3.97. The molecule has 2 nitrogen and oxygen atoms in total. The molecule has 0 radical (unpaired) electrons. The molecule has 5 heteroatoms. The van der Waals surface area contributed by atoms with Gasteiger partial charge in [0.25, 0.3) is 0 Å². The smallest absolute Gasteiger partial charge is 0.0714 e. The van der Waals surface area contributed by atoms with Crippen molar-refractivity contribution in [3.05, 3.63) is 65.4 Å². The second-order valence-corrected chi connectivity index (χ2v) is 8.30. The van der Waals surface area contributed by atoms with Gasteiger partial charge in [0, 0.05) is 43.4 Å². The van der Waals surface area contributed by atoms with Crippen molar-refractivity contribution < 1.29 is 0 Å². The molecule has 0 saturated heterocycles. The van der Waals surface area contributed by atoms with Crippen LogP contribution in [0.4, 0.5) is 0 Å². The number of rotatable bonds is 4. The first kappa shape index (κ1) is 16.6. The zero-order valence-corrected chi connectivity index (χ0v) is 16.1. The van der Waals surface area contributed by atoms with E-state index in [2.05, 4.69) is 47.2 Å². The van der Waals surface area contributed by atoms with Crippen LogP contribution in [0.5, 0.6) is 0 Å². The third kappa shape index (κ3) is 3.19. The van der Waals surface area contributed by atoms with Crippen molar-refractivity contribution in [2.24, 2.45) is 0 Å². The van der Waals surface area contributed by atoms with Crippen molar-refractivity contribution in [1.29, 1.82) is 0 Å². The fourth-order valence-corrected chi connectivity index (χ4v) is 5.15. The van der Waals surface area contributed by atoms with E-state index in [0.29, 0.717) is 0 Å². The fraction of sp³-hybridized carbons (Fsp3) is 0.100. The van der Waals surface area contributed by atoms with Gasteiger partial charge >= 0.3 is 0 Å². The molecule has 0 aliphatic rings. The normalized spacial score (nSPS) is 11.2. The largest absolute Gasteiger partial charge is 0.360 e. The molecule has 0 atom stereocenters. The van der Waals surface area contributed by atoms with Crippen molar-refractivity contribution >= 4 is 57.5 Å². The lowest BCUT2D eigenvalue weighted by Crippen LogP contribution is -1.89. The molecule has 4 rings (SSSR count). The maximum absolute atomic E-state index is 5.73. The predicted molar refractivity (Wildman–Crippen MR) is 111 cm³/mol. The van der Waals surface area contributed by atoms with E-state index in [9.17, 15) is 0 Å². The summed E-state index contributed by atoms with van der Waals surface area (Å²) in [7, 11) is 0. The van der Waals surface area contributed by atoms with Crippen LogP contribution >= 0.6 is 35.7 Å². The molecule has 0 unspecified atom stereocenters. The van der Waals surface area contributed by atoms with Gasteiger partial charge in [-0.3, -0.25) is 4.98 Å². The van der Waals surface area contributed by atoms with Gasteiger partial charge in [-0.2, -0.15) is 0 Å². The van der Waals surface area contributed by atoms with Gasteiger partial charge in [-0.25, -0.2) is 0 Å². The maximum Gasteiger partial charge on any atom is 0.0714 e. The third-order valence-electron chi connectivity index (χ3n) is 3.96. The third-order valence-corrected chi connectivity index (χ3v) is 6.74. The quantitative estimate of drug-likeness (QED) is 0.315. The van der Waals surface area contributed by atoms with E-state index >= 15 is 0 Å². The highest BCUT2D eigenvalue weighted by molar-refractivity contribution is 8.02. The summed E-state index contributed by atoms with van der Waals surface area (Å²) < 4.78 is 0.889. The number of nitrogens with zero attached hydrogens (tertiary/aromatic N) is 1. The number of hydrogen-bond donors (Lipinski definition) is 1. The minimum atomic E-state index is 0.889. The van der Waals surface area contributed by atoms with Crippen LogP contribution < -0.4 is 0 Å². The van der Waals surface area contributed by atoms with Crippen LogP contribution in [0.25, 0.3) is 21.8 Å². The van der Waals surface area contributed by atoms with Gasteiger partial charge in [-0.1, -0.05) is 67.3 Å². The lowest BCUT2D eigenvalue weighted by molar-refractivity contribution is 1.19. The van der Waals surface area contributed by atoms with Crippen molar-refractivity contribution in [2.45, 2.75) is 21.6 Å². The average molecular weight is 381 g/mol. The predicted octanol–water partition coefficient (Wildman–Crippen LogP) is 6.71. The molecule has 0 amide bonds. The number of thioether (sulfide) groups is 1. The van der Waals surface area contributed by atoms with Crippen LogP contribution in [0.15, 0.2) is 75.6 Å². The van der Waals surface area contributed by atoms with Gasteiger partial charge in [0.05, 0.1) is 10.0 Å². The summed E-state index contributed by atoms with van der Waals surface area (Å²) in [5, 5.41) is 2.29. The first-order valence-corrected chi connectivity index (χ1v) is 10.3. The van der Waals surface area contributed by atoms with Gasteiger partial charge in [-0.05, 0) is 17.9 Å². The molecule has 124 valence electrons. The Labute approximate surface area is 160 Å². The second kappa shape index (κ2) is 7.20. The number of nitrogens with one attached hydrogen (secondary N) is 1. The molecule has 0 bridgehead atoms. The molecule has 0 aliphatic carbocycles. The summed E-state index contributed by atoms with van der Waals surface area (Å²) in [6.45, 7) is 2.18. The Bertz CT molecular complexity index is 1120. The average Bonchev–Trinajstić information content (AvgIpc) is 2.66. The molecule has 0 spiro atoms. The van der Waals surface area contributed by atoms with E-state index in [-0.39, 0.29) is 0 Å². The van der Waals surface area contributed by atoms with E-state index in [1.54, 1.807) is 11.8 Å². The van der Waals surface area contributed by atoms with Crippen LogP contribution in [0.1, 0.15) is 6.92 Å². The Morgan fingerprint density at radius 2 is 1.76 bits per heavy atom. The Hall–Kier alpha value is -1.82. The summed E-state index contributed by atoms with van der Waals surface area (Å²) in [4.78, 5) is 11.5. The lowest BCUT2D eigenvalue weighted by Gasteiger charge is -2.11. The number of para-hydroxylation sites is 2. The minimum absolute atomic E-state index is 0.889. The van der Waals surface area contributed by atoms with Crippen molar-refractivity contribution in [1.82, 2.24) is 9.97 Å². The maximum atomic E-state index is 5.73. The van der Waals surface area contributed by atoms with Crippen LogP contribution in [0.2, 0.25) is 0 Å². The highest BCUT2D eigenvalue weighted by Gasteiger charge is 2.12. The standard InChI is InChI=1S/C20H16N2S3/c1-2-24-20-14-8-4-6-10-16(14)22-12-18(20)25-17-11-21-15-9-5-3-7-13(15)19(17)23/h3-12H,2H2,1H3,(H,21,23). The monoisotopic (exact) mass is 380 g/mol. The number of aromatic amines is 1. The van der Waals surface area contributed by atoms with Crippen molar-refractivity contribution in [3.63, 3.8) is 0 Å². The summed E-state index contributed by atoms with van der Waals surface area (Å²) >= 11 is 9.28. The van der Waals surface area contributed by atoms with E-state index in [1.807, 2.05) is 42.4 Å². The zero-order valence-electron chi connectivity index (χ0n) is 13.7. The van der Waals surface area contributed by atoms with Crippen molar-refractivity contribution in [2.75, 3.05) is 5.75 Å². The molecule has 2 heterocycles. The van der Waals surface area contributed by atoms with Gasteiger partial charge in [0.2, 0.25) is 0 Å². The molecular weight excluding hydrogens is 364 g/mol. The fourth-order valence-electron chi connectivity index (χ4n) is 2.81. The molecule has 2 aromatic carbocycles. The van der Waals surface area contributed by atoms with E-state index in [4.69, 9.17) is 12.2 Å². The second-order valence-electron chi connectivity index (χ2n) is 5.53. The highest BCUT2D eigenvalue weighted by Crippen LogP contribution is 2.40. The molecule has 0 fully saturated rings. The number of aromatic nitrogens is 2. The number of pyridine rings is 2. The molecule has 2 aromatic heterocycles. The molecule has 1 N–H and O–H groups in total. The van der Waals surface area contributed by atoms with Gasteiger partial charge in [0.15, 0.2) is 0 Å². The topological polar surface area (TPSA) is 28.7 Å². The van der Waals surface area contributed by atoms with E-state index < -0.39 is 0 Å². The number of hydrogen-bond acceptors (Lipinski definition) is 4. The number of benzene rings is 2. The molecule has 0 aliphatic heterocycles. The van der Waals surface area contributed by atoms with Crippen LogP contribution in [-0.2, 0) is 0 Å². The van der Waals surface area contributed by atoms with Crippen LogP contribution in [0, 0.1) is 4.51 Å². The lowest BCUT2D eigenvalue weighted by atomic mass is 10.2. The molecular formula is C20H16N2S3. The first-order valence-electron chi connectivity index (χ1n) is 8.06. The minimum Gasteiger partial charge on any atom is -0.360 e. The number of H-pyrrole nitrogens is 1. The summed E-state index contributed by atoms with van der Waals surface area (Å²) in [5.41, 5.74) is 2.10. The molecule has 0 saturated carbocycles.